The van der Waals surface area contributed by atoms with Crippen molar-refractivity contribution >= 4 is 17.4 Å². The van der Waals surface area contributed by atoms with Gasteiger partial charge in [0.25, 0.3) is 0 Å². The lowest BCUT2D eigenvalue weighted by Gasteiger charge is -2.20. The first-order valence-electron chi connectivity index (χ1n) is 5.13. The molecule has 1 heterocycles. The maximum absolute atomic E-state index is 11.3. The molecule has 0 bridgehead atoms. The predicted octanol–water partition coefficient (Wildman–Crippen LogP) is 2.27. The van der Waals surface area contributed by atoms with Gasteiger partial charge in [-0.05, 0) is 43.2 Å². The number of ether oxygens (including phenoxy) is 1. The van der Waals surface area contributed by atoms with Crippen LogP contribution in [0.5, 0.6) is 0 Å². The summed E-state index contributed by atoms with van der Waals surface area (Å²) in [6, 6.07) is 1.77. The van der Waals surface area contributed by atoms with Crippen molar-refractivity contribution in [1.82, 2.24) is 5.32 Å². The van der Waals surface area contributed by atoms with Crippen LogP contribution in [0.3, 0.4) is 0 Å². The van der Waals surface area contributed by atoms with E-state index in [-0.39, 0.29) is 6.04 Å². The first-order valence-corrected chi connectivity index (χ1v) is 6.07. The number of carbonyl (C=O) groups excluding carboxylic acids is 1. The van der Waals surface area contributed by atoms with Crippen molar-refractivity contribution < 1.29 is 9.53 Å². The van der Waals surface area contributed by atoms with Crippen LogP contribution in [0.25, 0.3) is 0 Å². The van der Waals surface area contributed by atoms with Crippen molar-refractivity contribution in [2.75, 3.05) is 6.54 Å². The Morgan fingerprint density at radius 1 is 1.62 bits per heavy atom. The topological polar surface area (TPSA) is 64.3 Å². The SMILES string of the molecule is CC(C)(C)OC(=O)NC[C@@H](N)c1ccsc1. The molecule has 0 spiro atoms. The molecule has 0 saturated carbocycles. The highest BCUT2D eigenvalue weighted by atomic mass is 32.1. The number of thiophene rings is 1. The van der Waals surface area contributed by atoms with Crippen molar-refractivity contribution in [2.45, 2.75) is 32.4 Å². The maximum Gasteiger partial charge on any atom is 0.407 e. The zero-order valence-electron chi connectivity index (χ0n) is 9.82. The van der Waals surface area contributed by atoms with Gasteiger partial charge in [-0.2, -0.15) is 11.3 Å². The van der Waals surface area contributed by atoms with Crippen LogP contribution in [0, 0.1) is 0 Å². The fourth-order valence-corrected chi connectivity index (χ4v) is 1.84. The number of hydrogen-bond acceptors (Lipinski definition) is 4. The maximum atomic E-state index is 11.3. The second kappa shape index (κ2) is 5.32. The van der Waals surface area contributed by atoms with Gasteiger partial charge in [-0.25, -0.2) is 4.79 Å². The molecular weight excluding hydrogens is 224 g/mol. The van der Waals surface area contributed by atoms with Crippen LogP contribution in [0.2, 0.25) is 0 Å². The molecular formula is C11H18N2O2S. The van der Waals surface area contributed by atoms with Gasteiger partial charge in [-0.15, -0.1) is 0 Å². The third-order valence-corrected chi connectivity index (χ3v) is 2.54. The molecule has 0 fully saturated rings. The van der Waals surface area contributed by atoms with Crippen molar-refractivity contribution in [3.8, 4) is 0 Å². The molecule has 1 atom stereocenters. The number of rotatable bonds is 3. The summed E-state index contributed by atoms with van der Waals surface area (Å²) >= 11 is 1.59. The van der Waals surface area contributed by atoms with Gasteiger partial charge in [-0.1, -0.05) is 0 Å². The van der Waals surface area contributed by atoms with Crippen LogP contribution in [0.4, 0.5) is 4.79 Å². The number of nitrogens with two attached hydrogens (primary N) is 1. The Hall–Kier alpha value is -1.07. The van der Waals surface area contributed by atoms with E-state index in [1.165, 1.54) is 0 Å². The van der Waals surface area contributed by atoms with Crippen LogP contribution >= 0.6 is 11.3 Å². The highest BCUT2D eigenvalue weighted by molar-refractivity contribution is 7.07. The Morgan fingerprint density at radius 2 is 2.31 bits per heavy atom. The van der Waals surface area contributed by atoms with Gasteiger partial charge in [-0.3, -0.25) is 0 Å². The lowest BCUT2D eigenvalue weighted by Crippen LogP contribution is -2.36. The van der Waals surface area contributed by atoms with Crippen molar-refractivity contribution in [2.24, 2.45) is 5.73 Å². The van der Waals surface area contributed by atoms with Crippen LogP contribution in [0.1, 0.15) is 32.4 Å². The lowest BCUT2D eigenvalue weighted by molar-refractivity contribution is 0.0524. The summed E-state index contributed by atoms with van der Waals surface area (Å²) in [6.45, 7) is 5.85. The molecule has 3 N–H and O–H groups in total. The normalized spacial score (nSPS) is 13.2. The molecule has 0 radical (unpaired) electrons. The zero-order valence-corrected chi connectivity index (χ0v) is 10.6. The fraction of sp³-hybridized carbons (Fsp3) is 0.545. The number of amides is 1. The van der Waals surface area contributed by atoms with Crippen LogP contribution in [0.15, 0.2) is 16.8 Å². The van der Waals surface area contributed by atoms with Gasteiger partial charge in [0, 0.05) is 12.6 Å². The third kappa shape index (κ3) is 4.63. The monoisotopic (exact) mass is 242 g/mol. The molecule has 1 rings (SSSR count). The second-order valence-corrected chi connectivity index (χ2v) is 5.33. The Balaban J connectivity index is 2.32. The predicted molar refractivity (Wildman–Crippen MR) is 65.5 cm³/mol. The molecule has 1 aromatic heterocycles. The van der Waals surface area contributed by atoms with E-state index in [1.807, 2.05) is 37.6 Å². The van der Waals surface area contributed by atoms with E-state index in [9.17, 15) is 4.79 Å². The van der Waals surface area contributed by atoms with Gasteiger partial charge in [0.1, 0.15) is 5.60 Å². The van der Waals surface area contributed by atoms with Gasteiger partial charge in [0.05, 0.1) is 0 Å². The summed E-state index contributed by atoms with van der Waals surface area (Å²) in [4.78, 5) is 11.3. The smallest absolute Gasteiger partial charge is 0.407 e. The summed E-state index contributed by atoms with van der Waals surface area (Å²) in [5, 5.41) is 6.58. The molecule has 5 heteroatoms. The molecule has 1 amide bonds. The molecule has 90 valence electrons. The lowest BCUT2D eigenvalue weighted by atomic mass is 10.2. The van der Waals surface area contributed by atoms with Gasteiger partial charge < -0.3 is 15.8 Å². The first-order chi connectivity index (χ1) is 7.38. The van der Waals surface area contributed by atoms with E-state index in [0.717, 1.165) is 5.56 Å². The average Bonchev–Trinajstić information content (AvgIpc) is 2.64. The van der Waals surface area contributed by atoms with Crippen molar-refractivity contribution in [3.63, 3.8) is 0 Å². The van der Waals surface area contributed by atoms with Crippen LogP contribution in [-0.4, -0.2) is 18.2 Å². The van der Waals surface area contributed by atoms with E-state index in [0.29, 0.717) is 6.54 Å². The summed E-state index contributed by atoms with van der Waals surface area (Å²) in [5.41, 5.74) is 6.44. The highest BCUT2D eigenvalue weighted by Gasteiger charge is 2.16. The molecule has 0 saturated heterocycles. The van der Waals surface area contributed by atoms with E-state index < -0.39 is 11.7 Å². The molecule has 0 aliphatic carbocycles. The summed E-state index contributed by atoms with van der Waals surface area (Å²) in [6.07, 6.45) is -0.432. The molecule has 0 aliphatic heterocycles. The summed E-state index contributed by atoms with van der Waals surface area (Å²) < 4.78 is 5.10. The largest absolute Gasteiger partial charge is 0.444 e. The Labute approximate surface area is 99.8 Å². The minimum Gasteiger partial charge on any atom is -0.444 e. The minimum atomic E-state index is -0.476. The van der Waals surface area contributed by atoms with E-state index in [2.05, 4.69) is 5.32 Å². The molecule has 16 heavy (non-hydrogen) atoms. The quantitative estimate of drug-likeness (QED) is 0.854. The molecule has 0 aliphatic rings. The number of hydrogen-bond donors (Lipinski definition) is 2. The standard InChI is InChI=1S/C11H18N2O2S/c1-11(2,3)15-10(14)13-6-9(12)8-4-5-16-7-8/h4-5,7,9H,6,12H2,1-3H3,(H,13,14)/t9-/m1/s1. The van der Waals surface area contributed by atoms with Gasteiger partial charge in [0.15, 0.2) is 0 Å². The fourth-order valence-electron chi connectivity index (χ4n) is 1.11. The third-order valence-electron chi connectivity index (χ3n) is 1.84. The minimum absolute atomic E-state index is 0.182. The van der Waals surface area contributed by atoms with Crippen LogP contribution in [-0.2, 0) is 4.74 Å². The zero-order chi connectivity index (χ0) is 12.2. The number of carbonyl (C=O) groups is 1. The summed E-state index contributed by atoms with van der Waals surface area (Å²) in [7, 11) is 0. The van der Waals surface area contributed by atoms with Crippen molar-refractivity contribution in [3.05, 3.63) is 22.4 Å². The second-order valence-electron chi connectivity index (χ2n) is 4.55. The summed E-state index contributed by atoms with van der Waals surface area (Å²) in [5.74, 6) is 0. The molecule has 0 aromatic carbocycles. The van der Waals surface area contributed by atoms with E-state index in [4.69, 9.17) is 10.5 Å². The van der Waals surface area contributed by atoms with Crippen molar-refractivity contribution in [1.29, 1.82) is 0 Å². The molecule has 4 nitrogen and oxygen atoms in total. The van der Waals surface area contributed by atoms with Gasteiger partial charge >= 0.3 is 6.09 Å². The average molecular weight is 242 g/mol. The van der Waals surface area contributed by atoms with E-state index >= 15 is 0 Å². The first kappa shape index (κ1) is 13.0. The van der Waals surface area contributed by atoms with Gasteiger partial charge in [0.2, 0.25) is 0 Å². The van der Waals surface area contributed by atoms with Crippen LogP contribution < -0.4 is 11.1 Å². The molecule has 1 aromatic rings. The Bertz CT molecular complexity index is 330. The number of alkyl carbamates (subject to hydrolysis) is 1. The molecule has 0 unspecified atom stereocenters. The number of nitrogens with one attached hydrogen (secondary N) is 1. The van der Waals surface area contributed by atoms with E-state index in [1.54, 1.807) is 11.3 Å². The highest BCUT2D eigenvalue weighted by Crippen LogP contribution is 2.13. The Kier molecular flexibility index (Phi) is 4.32. The Morgan fingerprint density at radius 3 is 2.81 bits per heavy atom.